The predicted octanol–water partition coefficient (Wildman–Crippen LogP) is 15.2. The van der Waals surface area contributed by atoms with Gasteiger partial charge in [0.1, 0.15) is 57.3 Å². The SMILES string of the molecule is Cc1ccc(O)cc1Nc1ccnc(Nc2cccc(C(=O)CCCN)c2)n1.Cc1ccc(O)cc1Nc1ccnc(Nc2cccc(C(=O)CCCNC(=O)c3ccc(-c4c5ccc(=O)cc-5oc5cc(O)ccc45)c(C(=O)O)c3)c2)n1.O=C(O)c1ccc(-c2c3ccc(=O)cc-3oc3cc(O)ccc23)c(C(=O)O)c1. The van der Waals surface area contributed by atoms with Gasteiger partial charge in [-0.1, -0.05) is 48.5 Å². The number of carbonyl (C=O) groups excluding carboxylic acids is 3. The number of hydrogen-bond acceptors (Lipinski definition) is 23. The zero-order valence-corrected chi connectivity index (χ0v) is 59.1. The lowest BCUT2D eigenvalue weighted by molar-refractivity contribution is 0.0682. The van der Waals surface area contributed by atoms with Crippen molar-refractivity contribution in [2.45, 2.75) is 39.5 Å². The lowest BCUT2D eigenvalue weighted by Gasteiger charge is -2.17. The summed E-state index contributed by atoms with van der Waals surface area (Å²) in [5.74, 6) is -2.00. The maximum atomic E-state index is 13.2. The normalized spacial score (nSPS) is 10.9. The number of hydrogen-bond donors (Lipinski definition) is 13. The van der Waals surface area contributed by atoms with Crippen LogP contribution in [0.2, 0.25) is 0 Å². The number of carboxylic acid groups (broad SMARTS) is 3. The van der Waals surface area contributed by atoms with Crippen LogP contribution < -0.4 is 43.2 Å². The third kappa shape index (κ3) is 18.2. The molecule has 0 spiro atoms. The first-order valence-electron chi connectivity index (χ1n) is 34.4. The van der Waals surface area contributed by atoms with Crippen molar-refractivity contribution >= 4 is 104 Å². The van der Waals surface area contributed by atoms with Crippen molar-refractivity contribution in [1.82, 2.24) is 25.3 Å². The van der Waals surface area contributed by atoms with E-state index in [1.165, 1.54) is 84.9 Å². The second kappa shape index (κ2) is 33.5. The number of carbonyl (C=O) groups is 6. The Morgan fingerprint density at radius 3 is 1.32 bits per heavy atom. The molecule has 14 rings (SSSR count). The summed E-state index contributed by atoms with van der Waals surface area (Å²) in [6.07, 6.45) is 4.78. The number of aryl methyl sites for hydroxylation is 2. The van der Waals surface area contributed by atoms with E-state index < -0.39 is 23.8 Å². The first kappa shape index (κ1) is 75.6. The standard InChI is InChI=1S/C42H33N5O8.C21H23N5O2.C21H12O7/c1-23-7-9-27(48)20-34(23)46-38-15-17-44-42(47-38)45-26-5-2-4-24(18-26)35(51)6-3-16-43-40(52)25-8-12-30(33(19-25)41(53)54)39-31-13-10-28(49)21-36(31)55-37-22-29(50)11-14-32(37)39;1-14-7-8-17(27)13-18(14)25-20-9-11-23-21(26-20)24-16-5-2-4-15(12-16)19(28)6-3-10-22;22-11-2-5-14-17(8-11)28-18-9-12(23)3-6-15(18)19(14)13-4-1-10(20(24)25)7-16(13)21(26)27/h2,4-5,7-15,17-22,48-49H,3,6,16H2,1H3,(H,43,52)(H,53,54)(H2,44,45,46,47);2,4-5,7-9,11-13,27H,3,6,10,22H2,1H3,(H2,23,24,25,26);1-9,22H,(H,24,25)(H,26,27). The Balaban J connectivity index is 0.000000171. The number of aromatic carboxylic acids is 3. The van der Waals surface area contributed by atoms with Crippen LogP contribution in [-0.4, -0.2) is 104 Å². The van der Waals surface area contributed by atoms with Gasteiger partial charge < -0.3 is 76.9 Å². The molecular weight excluding hydrogens is 1420 g/mol. The molecule has 10 aromatic rings. The van der Waals surface area contributed by atoms with Gasteiger partial charge in [0.2, 0.25) is 11.9 Å². The number of amides is 1. The molecule has 0 atom stereocenters. The molecule has 14 N–H and O–H groups in total. The molecule has 2 aliphatic carbocycles. The Kier molecular flexibility index (Phi) is 22.8. The fourth-order valence-corrected chi connectivity index (χ4v) is 12.1. The Morgan fingerprint density at radius 2 is 0.856 bits per heavy atom. The first-order chi connectivity index (χ1) is 53.4. The summed E-state index contributed by atoms with van der Waals surface area (Å²) < 4.78 is 11.6. The van der Waals surface area contributed by atoms with Gasteiger partial charge in [0.25, 0.3) is 5.91 Å². The van der Waals surface area contributed by atoms with Crippen LogP contribution in [-0.2, 0) is 0 Å². The summed E-state index contributed by atoms with van der Waals surface area (Å²) in [7, 11) is 0. The number of fused-ring (bicyclic) bond motifs is 4. The largest absolute Gasteiger partial charge is 0.508 e. The van der Waals surface area contributed by atoms with E-state index >= 15 is 0 Å². The van der Waals surface area contributed by atoms with Gasteiger partial charge in [0, 0.05) is 141 Å². The number of carboxylic acids is 3. The maximum Gasteiger partial charge on any atom is 0.336 e. The number of phenolic OH excluding ortho intramolecular Hbond substituents is 4. The van der Waals surface area contributed by atoms with Crippen molar-refractivity contribution in [1.29, 1.82) is 0 Å². The molecular formula is C84H68N10O17. The molecule has 0 unspecified atom stereocenters. The number of phenols is 4. The molecule has 2 aliphatic heterocycles. The van der Waals surface area contributed by atoms with Crippen LogP contribution in [0.15, 0.2) is 237 Å². The van der Waals surface area contributed by atoms with Crippen molar-refractivity contribution in [3.8, 4) is 67.9 Å². The number of aromatic nitrogens is 4. The van der Waals surface area contributed by atoms with E-state index in [0.29, 0.717) is 110 Å². The lowest BCUT2D eigenvalue weighted by atomic mass is 9.90. The number of rotatable bonds is 23. The molecule has 8 aromatic carbocycles. The zero-order valence-electron chi connectivity index (χ0n) is 59.1. The van der Waals surface area contributed by atoms with Gasteiger partial charge in [-0.3, -0.25) is 24.0 Å². The minimum atomic E-state index is -1.29. The molecule has 0 fully saturated rings. The highest BCUT2D eigenvalue weighted by atomic mass is 16.4. The van der Waals surface area contributed by atoms with E-state index in [9.17, 15) is 74.1 Å². The Morgan fingerprint density at radius 1 is 0.423 bits per heavy atom. The zero-order chi connectivity index (χ0) is 78.6. The summed E-state index contributed by atoms with van der Waals surface area (Å²) in [5, 5.41) is 84.8. The first-order valence-corrected chi connectivity index (χ1v) is 34.4. The Hall–Kier alpha value is -15.1. The second-order valence-electron chi connectivity index (χ2n) is 25.4. The predicted molar refractivity (Wildman–Crippen MR) is 418 cm³/mol. The molecule has 111 heavy (non-hydrogen) atoms. The van der Waals surface area contributed by atoms with Crippen LogP contribution >= 0.6 is 0 Å². The third-order valence-electron chi connectivity index (χ3n) is 17.5. The van der Waals surface area contributed by atoms with E-state index in [4.69, 9.17) is 14.6 Å². The third-order valence-corrected chi connectivity index (χ3v) is 17.5. The molecule has 27 nitrogen and oxygen atoms in total. The summed E-state index contributed by atoms with van der Waals surface area (Å²) in [5.41, 5.74) is 13.2. The highest BCUT2D eigenvalue weighted by Crippen LogP contribution is 2.44. The fourth-order valence-electron chi connectivity index (χ4n) is 12.1. The van der Waals surface area contributed by atoms with E-state index in [1.54, 1.807) is 109 Å². The van der Waals surface area contributed by atoms with Crippen molar-refractivity contribution in [2.24, 2.45) is 5.73 Å². The van der Waals surface area contributed by atoms with Gasteiger partial charge in [-0.15, -0.1) is 0 Å². The number of Topliss-reactive ketones (excluding diaryl/α,β-unsaturated/α-hetero) is 2. The van der Waals surface area contributed by atoms with Gasteiger partial charge in [0.05, 0.1) is 16.7 Å². The van der Waals surface area contributed by atoms with Crippen LogP contribution in [0, 0.1) is 13.8 Å². The number of ketones is 2. The minimum absolute atomic E-state index is 0.0560. The van der Waals surface area contributed by atoms with Crippen molar-refractivity contribution in [2.75, 3.05) is 34.4 Å². The number of nitrogens with two attached hydrogens (primary N) is 1. The molecule has 0 bridgehead atoms. The molecule has 2 aromatic heterocycles. The Labute approximate surface area is 630 Å². The number of nitrogens with zero attached hydrogens (tertiary/aromatic N) is 4. The molecule has 4 aliphatic rings. The molecule has 4 heterocycles. The molecule has 27 heteroatoms. The minimum Gasteiger partial charge on any atom is -0.508 e. The van der Waals surface area contributed by atoms with E-state index in [1.807, 2.05) is 32.0 Å². The summed E-state index contributed by atoms with van der Waals surface area (Å²) in [6, 6.07) is 52.9. The van der Waals surface area contributed by atoms with Crippen LogP contribution in [0.5, 0.6) is 23.0 Å². The number of anilines is 8. The lowest BCUT2D eigenvalue weighted by Crippen LogP contribution is -2.25. The van der Waals surface area contributed by atoms with E-state index in [-0.39, 0.29) is 109 Å². The molecule has 0 saturated heterocycles. The Bertz CT molecular complexity index is 6020. The highest BCUT2D eigenvalue weighted by molar-refractivity contribution is 6.11. The number of nitrogens with one attached hydrogen (secondary N) is 5. The smallest absolute Gasteiger partial charge is 0.336 e. The van der Waals surface area contributed by atoms with Crippen LogP contribution in [0.1, 0.15) is 99.0 Å². The van der Waals surface area contributed by atoms with Crippen LogP contribution in [0.3, 0.4) is 0 Å². The van der Waals surface area contributed by atoms with E-state index in [2.05, 4.69) is 46.5 Å². The van der Waals surface area contributed by atoms with Crippen molar-refractivity contribution < 1.29 is 73.3 Å². The maximum absolute atomic E-state index is 13.2. The summed E-state index contributed by atoms with van der Waals surface area (Å²) in [4.78, 5) is 115. The highest BCUT2D eigenvalue weighted by Gasteiger charge is 2.26. The van der Waals surface area contributed by atoms with Crippen molar-refractivity contribution in [3.05, 3.63) is 284 Å². The van der Waals surface area contributed by atoms with Crippen LogP contribution in [0.4, 0.5) is 46.3 Å². The second-order valence-corrected chi connectivity index (χ2v) is 25.4. The van der Waals surface area contributed by atoms with Gasteiger partial charge >= 0.3 is 17.9 Å². The van der Waals surface area contributed by atoms with Crippen molar-refractivity contribution in [3.63, 3.8) is 0 Å². The summed E-state index contributed by atoms with van der Waals surface area (Å²) >= 11 is 0. The average molecular weight is 1490 g/mol. The average Bonchev–Trinajstić information content (AvgIpc) is 0.751. The molecule has 556 valence electrons. The van der Waals surface area contributed by atoms with E-state index in [0.717, 1.165) is 28.6 Å². The van der Waals surface area contributed by atoms with Crippen LogP contribution in [0.25, 0.3) is 66.8 Å². The summed E-state index contributed by atoms with van der Waals surface area (Å²) in [6.45, 7) is 4.50. The topological polar surface area (TPSA) is 442 Å². The number of aromatic hydroxyl groups is 4. The molecule has 0 radical (unpaired) electrons. The van der Waals surface area contributed by atoms with Gasteiger partial charge in [-0.2, -0.15) is 9.97 Å². The van der Waals surface area contributed by atoms with Gasteiger partial charge in [0.15, 0.2) is 22.4 Å². The van der Waals surface area contributed by atoms with Gasteiger partial charge in [-0.25, -0.2) is 24.4 Å². The fraction of sp³-hybridized carbons (Fsp3) is 0.0952. The van der Waals surface area contributed by atoms with Gasteiger partial charge in [-0.05, 0) is 177 Å². The number of benzene rings is 10. The molecule has 1 amide bonds. The monoisotopic (exact) mass is 1490 g/mol. The quantitative estimate of drug-likeness (QED) is 0.0161. The molecule has 0 saturated carbocycles.